The van der Waals surface area contributed by atoms with E-state index < -0.39 is 0 Å². The zero-order valence-electron chi connectivity index (χ0n) is 10.3. The number of carbonyl (C=O) groups excluding carboxylic acids is 1. The van der Waals surface area contributed by atoms with Crippen molar-refractivity contribution in [3.63, 3.8) is 0 Å². The number of aromatic hydroxyl groups is 2. The summed E-state index contributed by atoms with van der Waals surface area (Å²) in [5.74, 6) is -0.815. The van der Waals surface area contributed by atoms with Crippen molar-refractivity contribution >= 4 is 5.91 Å². The van der Waals surface area contributed by atoms with Crippen LogP contribution in [0.1, 0.15) is 30.1 Å². The predicted octanol–water partition coefficient (Wildman–Crippen LogP) is 1.40. The van der Waals surface area contributed by atoms with Gasteiger partial charge in [-0.3, -0.25) is 4.79 Å². The molecular formula is C13H17NO4. The van der Waals surface area contributed by atoms with E-state index in [1.807, 2.05) is 6.92 Å². The van der Waals surface area contributed by atoms with Gasteiger partial charge in [-0.1, -0.05) is 0 Å². The van der Waals surface area contributed by atoms with E-state index in [4.69, 9.17) is 4.74 Å². The number of phenolic OH excluding ortho intramolecular Hbond substituents is 2. The van der Waals surface area contributed by atoms with Gasteiger partial charge in [0, 0.05) is 12.2 Å². The predicted molar refractivity (Wildman–Crippen MR) is 65.7 cm³/mol. The molecule has 1 aliphatic rings. The molecule has 5 heteroatoms. The molecule has 1 unspecified atom stereocenters. The second-order valence-corrected chi connectivity index (χ2v) is 4.87. The third-order valence-electron chi connectivity index (χ3n) is 3.09. The Morgan fingerprint density at radius 2 is 2.17 bits per heavy atom. The molecule has 0 spiro atoms. The zero-order valence-corrected chi connectivity index (χ0v) is 10.3. The third kappa shape index (κ3) is 2.73. The van der Waals surface area contributed by atoms with E-state index in [1.54, 1.807) is 0 Å². The number of ether oxygens (including phenoxy) is 1. The molecule has 1 atom stereocenters. The van der Waals surface area contributed by atoms with Crippen LogP contribution in [0, 0.1) is 0 Å². The van der Waals surface area contributed by atoms with Crippen LogP contribution in [0.5, 0.6) is 11.5 Å². The van der Waals surface area contributed by atoms with Crippen molar-refractivity contribution in [2.45, 2.75) is 25.3 Å². The Morgan fingerprint density at radius 1 is 1.39 bits per heavy atom. The minimum atomic E-state index is -0.372. The first-order chi connectivity index (χ1) is 8.50. The number of rotatable bonds is 2. The van der Waals surface area contributed by atoms with E-state index in [9.17, 15) is 15.0 Å². The topological polar surface area (TPSA) is 78.8 Å². The van der Waals surface area contributed by atoms with Gasteiger partial charge in [0.1, 0.15) is 0 Å². The quantitative estimate of drug-likeness (QED) is 0.694. The molecule has 3 N–H and O–H groups in total. The van der Waals surface area contributed by atoms with Gasteiger partial charge in [-0.2, -0.15) is 0 Å². The van der Waals surface area contributed by atoms with Crippen molar-refractivity contribution < 1.29 is 19.7 Å². The summed E-state index contributed by atoms with van der Waals surface area (Å²) in [6, 6.07) is 4.01. The molecular weight excluding hydrogens is 234 g/mol. The van der Waals surface area contributed by atoms with Crippen molar-refractivity contribution in [3.05, 3.63) is 23.8 Å². The molecule has 0 aromatic heterocycles. The Bertz CT molecular complexity index is 452. The smallest absolute Gasteiger partial charge is 0.251 e. The molecule has 98 valence electrons. The molecule has 18 heavy (non-hydrogen) atoms. The number of hydrogen-bond acceptors (Lipinski definition) is 4. The molecule has 1 amide bonds. The van der Waals surface area contributed by atoms with Gasteiger partial charge in [0.15, 0.2) is 11.5 Å². The number of phenols is 2. The lowest BCUT2D eigenvalue weighted by Gasteiger charge is -2.34. The maximum absolute atomic E-state index is 12.0. The van der Waals surface area contributed by atoms with Gasteiger partial charge in [-0.15, -0.1) is 0 Å². The number of amides is 1. The summed E-state index contributed by atoms with van der Waals surface area (Å²) >= 11 is 0. The molecule has 0 radical (unpaired) electrons. The summed E-state index contributed by atoms with van der Waals surface area (Å²) in [6.45, 7) is 3.15. The van der Waals surface area contributed by atoms with Crippen molar-refractivity contribution in [1.82, 2.24) is 5.32 Å². The fourth-order valence-corrected chi connectivity index (χ4v) is 2.04. The first-order valence-electron chi connectivity index (χ1n) is 5.92. The van der Waals surface area contributed by atoms with E-state index in [1.165, 1.54) is 18.2 Å². The van der Waals surface area contributed by atoms with Crippen LogP contribution < -0.4 is 5.32 Å². The van der Waals surface area contributed by atoms with Crippen molar-refractivity contribution in [2.24, 2.45) is 0 Å². The number of carbonyl (C=O) groups is 1. The first kappa shape index (κ1) is 12.7. The summed E-state index contributed by atoms with van der Waals surface area (Å²) < 4.78 is 5.36. The number of nitrogens with one attached hydrogen (secondary N) is 1. The van der Waals surface area contributed by atoms with Gasteiger partial charge >= 0.3 is 0 Å². The summed E-state index contributed by atoms with van der Waals surface area (Å²) in [5.41, 5.74) is -0.0554. The van der Waals surface area contributed by atoms with Gasteiger partial charge < -0.3 is 20.3 Å². The third-order valence-corrected chi connectivity index (χ3v) is 3.09. The van der Waals surface area contributed by atoms with Gasteiger partial charge in [-0.25, -0.2) is 0 Å². The van der Waals surface area contributed by atoms with Gasteiger partial charge in [0.2, 0.25) is 0 Å². The van der Waals surface area contributed by atoms with Gasteiger partial charge in [0.25, 0.3) is 5.91 Å². The van der Waals surface area contributed by atoms with Crippen molar-refractivity contribution in [1.29, 1.82) is 0 Å². The lowest BCUT2D eigenvalue weighted by Crippen LogP contribution is -2.51. The monoisotopic (exact) mass is 251 g/mol. The number of hydrogen-bond donors (Lipinski definition) is 3. The van der Waals surface area contributed by atoms with Crippen LogP contribution in [0.15, 0.2) is 18.2 Å². The molecule has 1 fully saturated rings. The van der Waals surface area contributed by atoms with Gasteiger partial charge in [-0.05, 0) is 38.0 Å². The van der Waals surface area contributed by atoms with E-state index in [-0.39, 0.29) is 22.9 Å². The van der Waals surface area contributed by atoms with Crippen LogP contribution in [0.4, 0.5) is 0 Å². The maximum Gasteiger partial charge on any atom is 0.251 e. The Morgan fingerprint density at radius 3 is 2.78 bits per heavy atom. The van der Waals surface area contributed by atoms with Crippen LogP contribution in [0.3, 0.4) is 0 Å². The van der Waals surface area contributed by atoms with Crippen LogP contribution in [0.25, 0.3) is 0 Å². The highest BCUT2D eigenvalue weighted by Crippen LogP contribution is 2.25. The molecule has 1 saturated heterocycles. The normalized spacial score (nSPS) is 23.6. The molecule has 0 aliphatic carbocycles. The zero-order chi connectivity index (χ0) is 13.2. The lowest BCUT2D eigenvalue weighted by molar-refractivity contribution is 0.0272. The molecule has 1 aromatic carbocycles. The Labute approximate surface area is 105 Å². The summed E-state index contributed by atoms with van der Waals surface area (Å²) in [7, 11) is 0. The molecule has 1 aromatic rings. The molecule has 0 bridgehead atoms. The summed E-state index contributed by atoms with van der Waals surface area (Å²) in [4.78, 5) is 12.0. The standard InChI is InChI=1S/C13H17NO4/c1-13(5-2-6-18-8-13)14-12(17)9-3-4-10(15)11(16)7-9/h3-4,7,15-16H,2,5-6,8H2,1H3,(H,14,17). The highest BCUT2D eigenvalue weighted by molar-refractivity contribution is 5.95. The van der Waals surface area contributed by atoms with Crippen LogP contribution in [-0.4, -0.2) is 34.9 Å². The average molecular weight is 251 g/mol. The number of benzene rings is 1. The van der Waals surface area contributed by atoms with E-state index in [2.05, 4.69) is 5.32 Å². The summed E-state index contributed by atoms with van der Waals surface area (Å²) in [6.07, 6.45) is 1.78. The van der Waals surface area contributed by atoms with Crippen molar-refractivity contribution in [3.8, 4) is 11.5 Å². The van der Waals surface area contributed by atoms with E-state index in [0.29, 0.717) is 12.2 Å². The van der Waals surface area contributed by atoms with Crippen LogP contribution >= 0.6 is 0 Å². The summed E-state index contributed by atoms with van der Waals surface area (Å²) in [5, 5.41) is 21.5. The minimum Gasteiger partial charge on any atom is -0.504 e. The van der Waals surface area contributed by atoms with Crippen LogP contribution in [-0.2, 0) is 4.74 Å². The fraction of sp³-hybridized carbons (Fsp3) is 0.462. The van der Waals surface area contributed by atoms with Crippen LogP contribution in [0.2, 0.25) is 0 Å². The SMILES string of the molecule is CC1(NC(=O)c2ccc(O)c(O)c2)CCCOC1. The molecule has 5 nitrogen and oxygen atoms in total. The molecule has 1 heterocycles. The fourth-order valence-electron chi connectivity index (χ4n) is 2.04. The Kier molecular flexibility index (Phi) is 3.43. The van der Waals surface area contributed by atoms with E-state index >= 15 is 0 Å². The second-order valence-electron chi connectivity index (χ2n) is 4.87. The van der Waals surface area contributed by atoms with Gasteiger partial charge in [0.05, 0.1) is 12.1 Å². The minimum absolute atomic E-state index is 0.237. The molecule has 2 rings (SSSR count). The Hall–Kier alpha value is -1.75. The lowest BCUT2D eigenvalue weighted by atomic mass is 9.94. The maximum atomic E-state index is 12.0. The highest BCUT2D eigenvalue weighted by Gasteiger charge is 2.29. The highest BCUT2D eigenvalue weighted by atomic mass is 16.5. The first-order valence-corrected chi connectivity index (χ1v) is 5.92. The van der Waals surface area contributed by atoms with Crippen molar-refractivity contribution in [2.75, 3.05) is 13.2 Å². The van der Waals surface area contributed by atoms with E-state index in [0.717, 1.165) is 19.4 Å². The molecule has 0 saturated carbocycles. The largest absolute Gasteiger partial charge is 0.504 e. The average Bonchev–Trinajstić information content (AvgIpc) is 2.33. The Balaban J connectivity index is 2.09. The molecule has 1 aliphatic heterocycles. The second kappa shape index (κ2) is 4.86.